The van der Waals surface area contributed by atoms with Gasteiger partial charge in [-0.05, 0) is 18.8 Å². The van der Waals surface area contributed by atoms with E-state index in [9.17, 15) is 5.11 Å². The van der Waals surface area contributed by atoms with E-state index in [-0.39, 0.29) is 24.8 Å². The SMILES string of the molecule is CC(C)C(CO)NC1CCCCC1O. The molecule has 0 aromatic carbocycles. The van der Waals surface area contributed by atoms with Crippen LogP contribution in [0.15, 0.2) is 0 Å². The second-order valence-corrected chi connectivity index (χ2v) is 4.66. The maximum atomic E-state index is 9.75. The number of aliphatic hydroxyl groups is 2. The van der Waals surface area contributed by atoms with E-state index in [1.807, 2.05) is 0 Å². The smallest absolute Gasteiger partial charge is 0.0693 e. The number of hydrogen-bond donors (Lipinski definition) is 3. The first kappa shape index (κ1) is 12.0. The van der Waals surface area contributed by atoms with E-state index in [0.717, 1.165) is 19.3 Å². The third-order valence-corrected chi connectivity index (χ3v) is 3.16. The summed E-state index contributed by atoms with van der Waals surface area (Å²) in [7, 11) is 0. The van der Waals surface area contributed by atoms with Crippen molar-refractivity contribution in [3.05, 3.63) is 0 Å². The average molecular weight is 201 g/mol. The van der Waals surface area contributed by atoms with Crippen molar-refractivity contribution >= 4 is 0 Å². The Kier molecular flexibility index (Phi) is 4.85. The van der Waals surface area contributed by atoms with Crippen LogP contribution in [0.25, 0.3) is 0 Å². The van der Waals surface area contributed by atoms with Gasteiger partial charge in [0.1, 0.15) is 0 Å². The summed E-state index contributed by atoms with van der Waals surface area (Å²) in [5, 5.41) is 22.3. The van der Waals surface area contributed by atoms with Crippen LogP contribution in [0.3, 0.4) is 0 Å². The summed E-state index contributed by atoms with van der Waals surface area (Å²) >= 11 is 0. The zero-order valence-electron chi connectivity index (χ0n) is 9.24. The standard InChI is InChI=1S/C11H23NO2/c1-8(2)10(7-13)12-9-5-3-4-6-11(9)14/h8-14H,3-7H2,1-2H3. The quantitative estimate of drug-likeness (QED) is 0.633. The fourth-order valence-corrected chi connectivity index (χ4v) is 2.04. The molecule has 84 valence electrons. The van der Waals surface area contributed by atoms with Crippen LogP contribution in [0.1, 0.15) is 39.5 Å². The molecule has 0 aromatic rings. The van der Waals surface area contributed by atoms with E-state index in [1.165, 1.54) is 6.42 Å². The Labute approximate surface area is 86.5 Å². The molecule has 3 heteroatoms. The van der Waals surface area contributed by atoms with Crippen molar-refractivity contribution in [2.24, 2.45) is 5.92 Å². The molecule has 0 radical (unpaired) electrons. The van der Waals surface area contributed by atoms with E-state index in [1.54, 1.807) is 0 Å². The normalized spacial score (nSPS) is 30.6. The molecule has 1 rings (SSSR count). The number of rotatable bonds is 4. The molecule has 3 nitrogen and oxygen atoms in total. The van der Waals surface area contributed by atoms with Gasteiger partial charge in [0, 0.05) is 12.1 Å². The van der Waals surface area contributed by atoms with Crippen molar-refractivity contribution in [3.63, 3.8) is 0 Å². The topological polar surface area (TPSA) is 52.5 Å². The van der Waals surface area contributed by atoms with E-state index in [4.69, 9.17) is 5.11 Å². The second-order valence-electron chi connectivity index (χ2n) is 4.66. The highest BCUT2D eigenvalue weighted by molar-refractivity contribution is 4.84. The highest BCUT2D eigenvalue weighted by Crippen LogP contribution is 2.19. The molecule has 0 aromatic heterocycles. The molecule has 0 spiro atoms. The first-order valence-electron chi connectivity index (χ1n) is 5.70. The van der Waals surface area contributed by atoms with Gasteiger partial charge >= 0.3 is 0 Å². The van der Waals surface area contributed by atoms with E-state index >= 15 is 0 Å². The van der Waals surface area contributed by atoms with Crippen LogP contribution in [0.4, 0.5) is 0 Å². The predicted octanol–water partition coefficient (Wildman–Crippen LogP) is 0.896. The minimum absolute atomic E-state index is 0.118. The maximum absolute atomic E-state index is 9.75. The van der Waals surface area contributed by atoms with Gasteiger partial charge in [-0.25, -0.2) is 0 Å². The van der Waals surface area contributed by atoms with Gasteiger partial charge in [0.2, 0.25) is 0 Å². The molecule has 3 atom stereocenters. The lowest BCUT2D eigenvalue weighted by molar-refractivity contribution is 0.0725. The fraction of sp³-hybridized carbons (Fsp3) is 1.00. The van der Waals surface area contributed by atoms with Gasteiger partial charge < -0.3 is 15.5 Å². The Morgan fingerprint density at radius 1 is 1.29 bits per heavy atom. The molecule has 1 saturated carbocycles. The molecule has 1 aliphatic carbocycles. The highest BCUT2D eigenvalue weighted by Gasteiger charge is 2.25. The molecule has 0 saturated heterocycles. The molecule has 0 bridgehead atoms. The van der Waals surface area contributed by atoms with Crippen molar-refractivity contribution < 1.29 is 10.2 Å². The van der Waals surface area contributed by atoms with Crippen molar-refractivity contribution in [1.82, 2.24) is 5.32 Å². The first-order valence-corrected chi connectivity index (χ1v) is 5.70. The summed E-state index contributed by atoms with van der Waals surface area (Å²) in [6.07, 6.45) is 4.02. The summed E-state index contributed by atoms with van der Waals surface area (Å²) in [6, 6.07) is 0.302. The van der Waals surface area contributed by atoms with E-state index < -0.39 is 0 Å². The lowest BCUT2D eigenvalue weighted by Crippen LogP contribution is -2.50. The van der Waals surface area contributed by atoms with Crippen LogP contribution in [0.5, 0.6) is 0 Å². The van der Waals surface area contributed by atoms with Crippen molar-refractivity contribution in [2.75, 3.05) is 6.61 Å². The first-order chi connectivity index (χ1) is 6.65. The highest BCUT2D eigenvalue weighted by atomic mass is 16.3. The number of aliphatic hydroxyl groups excluding tert-OH is 2. The van der Waals surface area contributed by atoms with Crippen LogP contribution < -0.4 is 5.32 Å². The van der Waals surface area contributed by atoms with Crippen molar-refractivity contribution in [3.8, 4) is 0 Å². The summed E-state index contributed by atoms with van der Waals surface area (Å²) < 4.78 is 0. The molecule has 0 amide bonds. The van der Waals surface area contributed by atoms with E-state index in [2.05, 4.69) is 19.2 Å². The van der Waals surface area contributed by atoms with Gasteiger partial charge in [0.15, 0.2) is 0 Å². The second kappa shape index (κ2) is 5.69. The van der Waals surface area contributed by atoms with Crippen LogP contribution in [-0.4, -0.2) is 35.0 Å². The molecule has 1 fully saturated rings. The Bertz CT molecular complexity index is 161. The number of hydrogen-bond acceptors (Lipinski definition) is 3. The van der Waals surface area contributed by atoms with Crippen LogP contribution in [0, 0.1) is 5.92 Å². The predicted molar refractivity (Wildman–Crippen MR) is 57.1 cm³/mol. The Balaban J connectivity index is 2.39. The summed E-state index contributed by atoms with van der Waals surface area (Å²) in [5.74, 6) is 0.411. The zero-order valence-corrected chi connectivity index (χ0v) is 9.24. The molecule has 1 aliphatic rings. The van der Waals surface area contributed by atoms with Gasteiger partial charge in [0.05, 0.1) is 12.7 Å². The molecule has 14 heavy (non-hydrogen) atoms. The molecule has 3 N–H and O–H groups in total. The Morgan fingerprint density at radius 2 is 1.93 bits per heavy atom. The lowest BCUT2D eigenvalue weighted by Gasteiger charge is -2.33. The third-order valence-electron chi connectivity index (χ3n) is 3.16. The number of nitrogens with one attached hydrogen (secondary N) is 1. The zero-order chi connectivity index (χ0) is 10.6. The Morgan fingerprint density at radius 3 is 2.43 bits per heavy atom. The summed E-state index contributed by atoms with van der Waals surface area (Å²) in [5.41, 5.74) is 0. The van der Waals surface area contributed by atoms with E-state index in [0.29, 0.717) is 5.92 Å². The van der Waals surface area contributed by atoms with Crippen molar-refractivity contribution in [1.29, 1.82) is 0 Å². The molecule has 0 aliphatic heterocycles. The minimum Gasteiger partial charge on any atom is -0.395 e. The molecular formula is C11H23NO2. The van der Waals surface area contributed by atoms with Gasteiger partial charge in [-0.3, -0.25) is 0 Å². The van der Waals surface area contributed by atoms with Crippen LogP contribution >= 0.6 is 0 Å². The van der Waals surface area contributed by atoms with Crippen molar-refractivity contribution in [2.45, 2.75) is 57.7 Å². The Hall–Kier alpha value is -0.120. The maximum Gasteiger partial charge on any atom is 0.0693 e. The molecule has 0 heterocycles. The van der Waals surface area contributed by atoms with Gasteiger partial charge in [0.25, 0.3) is 0 Å². The fourth-order valence-electron chi connectivity index (χ4n) is 2.04. The molecular weight excluding hydrogens is 178 g/mol. The third kappa shape index (κ3) is 3.23. The van der Waals surface area contributed by atoms with Gasteiger partial charge in [-0.1, -0.05) is 26.7 Å². The largest absolute Gasteiger partial charge is 0.395 e. The van der Waals surface area contributed by atoms with Crippen LogP contribution in [0.2, 0.25) is 0 Å². The summed E-state index contributed by atoms with van der Waals surface area (Å²) in [6.45, 7) is 4.33. The summed E-state index contributed by atoms with van der Waals surface area (Å²) in [4.78, 5) is 0. The van der Waals surface area contributed by atoms with Crippen LogP contribution in [-0.2, 0) is 0 Å². The molecule has 3 unspecified atom stereocenters. The lowest BCUT2D eigenvalue weighted by atomic mass is 9.91. The monoisotopic (exact) mass is 201 g/mol. The van der Waals surface area contributed by atoms with Gasteiger partial charge in [-0.2, -0.15) is 0 Å². The average Bonchev–Trinajstić information content (AvgIpc) is 2.16. The minimum atomic E-state index is -0.225. The van der Waals surface area contributed by atoms with Gasteiger partial charge in [-0.15, -0.1) is 0 Å².